The fourth-order valence-corrected chi connectivity index (χ4v) is 2.46. The Morgan fingerprint density at radius 2 is 1.59 bits per heavy atom. The first-order valence-corrected chi connectivity index (χ1v) is 8.37. The number of nitro groups is 1. The van der Waals surface area contributed by atoms with E-state index in [0.29, 0.717) is 0 Å². The molecule has 10 nitrogen and oxygen atoms in total. The average Bonchev–Trinajstić information content (AvgIpc) is 2.72. The van der Waals surface area contributed by atoms with Crippen molar-refractivity contribution in [3.8, 4) is 17.2 Å². The second-order valence-corrected chi connectivity index (χ2v) is 5.72. The molecule has 0 unspecified atom stereocenters. The minimum atomic E-state index is -1.18. The van der Waals surface area contributed by atoms with Gasteiger partial charge in [0, 0.05) is 6.07 Å². The normalized spacial score (nSPS) is 11.2. The maximum atomic E-state index is 12.6. The lowest BCUT2D eigenvalue weighted by molar-refractivity contribution is -0.384. The summed E-state index contributed by atoms with van der Waals surface area (Å²) >= 11 is 0. The predicted octanol–water partition coefficient (Wildman–Crippen LogP) is 2.80. The third kappa shape index (κ3) is 4.92. The Morgan fingerprint density at radius 3 is 2.10 bits per heavy atom. The topological polar surface area (TPSA) is 126 Å². The Kier molecular flexibility index (Phi) is 6.96. The van der Waals surface area contributed by atoms with E-state index in [1.165, 1.54) is 46.5 Å². The van der Waals surface area contributed by atoms with E-state index in [1.54, 1.807) is 18.2 Å². The minimum absolute atomic E-state index is 0.0464. The smallest absolute Gasteiger partial charge is 0.346 e. The summed E-state index contributed by atoms with van der Waals surface area (Å²) in [7, 11) is 4.09. The third-order valence-electron chi connectivity index (χ3n) is 3.94. The van der Waals surface area contributed by atoms with Crippen molar-refractivity contribution in [1.82, 2.24) is 0 Å². The number of nitrogens with one attached hydrogen (secondary N) is 1. The van der Waals surface area contributed by atoms with Crippen molar-refractivity contribution in [2.75, 3.05) is 26.6 Å². The molecule has 0 fully saturated rings. The highest BCUT2D eigenvalue weighted by atomic mass is 16.6. The molecule has 1 N–H and O–H groups in total. The van der Waals surface area contributed by atoms with Gasteiger partial charge in [0.2, 0.25) is 0 Å². The first-order valence-electron chi connectivity index (χ1n) is 8.37. The number of anilines is 1. The molecule has 154 valence electrons. The van der Waals surface area contributed by atoms with Crippen LogP contribution in [0.3, 0.4) is 0 Å². The van der Waals surface area contributed by atoms with Crippen molar-refractivity contribution >= 4 is 23.3 Å². The molecule has 1 atom stereocenters. The van der Waals surface area contributed by atoms with Crippen LogP contribution in [0.4, 0.5) is 11.4 Å². The van der Waals surface area contributed by atoms with Gasteiger partial charge in [-0.05, 0) is 25.1 Å². The molecular weight excluding hydrogens is 384 g/mol. The van der Waals surface area contributed by atoms with Gasteiger partial charge < -0.3 is 24.3 Å². The fourth-order valence-electron chi connectivity index (χ4n) is 2.46. The zero-order chi connectivity index (χ0) is 21.6. The van der Waals surface area contributed by atoms with E-state index in [0.717, 1.165) is 0 Å². The number of amides is 1. The van der Waals surface area contributed by atoms with Crippen molar-refractivity contribution in [3.05, 3.63) is 52.1 Å². The Hall–Kier alpha value is -3.82. The van der Waals surface area contributed by atoms with Crippen LogP contribution in [-0.2, 0) is 9.53 Å². The lowest BCUT2D eigenvalue weighted by Crippen LogP contribution is -2.30. The van der Waals surface area contributed by atoms with Crippen LogP contribution >= 0.6 is 0 Å². The van der Waals surface area contributed by atoms with Crippen LogP contribution in [0.5, 0.6) is 17.2 Å². The monoisotopic (exact) mass is 404 g/mol. The molecule has 2 aromatic carbocycles. The molecule has 0 saturated carbocycles. The van der Waals surface area contributed by atoms with Crippen LogP contribution in [0.2, 0.25) is 0 Å². The van der Waals surface area contributed by atoms with Crippen LogP contribution in [0.1, 0.15) is 17.3 Å². The molecule has 2 aromatic rings. The number of rotatable bonds is 8. The molecular formula is C19H20N2O8. The average molecular weight is 404 g/mol. The fraction of sp³-hybridized carbons (Fsp3) is 0.263. The predicted molar refractivity (Wildman–Crippen MR) is 103 cm³/mol. The van der Waals surface area contributed by atoms with Gasteiger partial charge in [-0.25, -0.2) is 4.79 Å². The molecule has 0 aliphatic heterocycles. The highest BCUT2D eigenvalue weighted by molar-refractivity contribution is 6.00. The molecule has 2 rings (SSSR count). The molecule has 0 saturated heterocycles. The van der Waals surface area contributed by atoms with E-state index < -0.39 is 22.9 Å². The molecule has 0 bridgehead atoms. The third-order valence-corrected chi connectivity index (χ3v) is 3.94. The Labute approximate surface area is 166 Å². The number of nitro benzene ring substituents is 1. The van der Waals surface area contributed by atoms with Crippen molar-refractivity contribution in [2.45, 2.75) is 13.0 Å². The van der Waals surface area contributed by atoms with Gasteiger partial charge in [-0.2, -0.15) is 0 Å². The van der Waals surface area contributed by atoms with E-state index >= 15 is 0 Å². The van der Waals surface area contributed by atoms with Crippen LogP contribution < -0.4 is 19.5 Å². The van der Waals surface area contributed by atoms with Gasteiger partial charge in [0.25, 0.3) is 11.6 Å². The molecule has 10 heteroatoms. The summed E-state index contributed by atoms with van der Waals surface area (Å²) in [5, 5.41) is 13.4. The maximum Gasteiger partial charge on any atom is 0.346 e. The molecule has 0 aromatic heterocycles. The largest absolute Gasteiger partial charge is 0.496 e. The Balaban J connectivity index is 2.16. The van der Waals surface area contributed by atoms with Gasteiger partial charge in [-0.15, -0.1) is 0 Å². The number of hydrogen-bond acceptors (Lipinski definition) is 8. The minimum Gasteiger partial charge on any atom is -0.496 e. The van der Waals surface area contributed by atoms with Gasteiger partial charge in [0.1, 0.15) is 22.8 Å². The van der Waals surface area contributed by atoms with Crippen molar-refractivity contribution < 1.29 is 33.5 Å². The molecule has 0 aliphatic rings. The number of methoxy groups -OCH3 is 3. The standard InChI is InChI=1S/C19H20N2O8/c1-11(29-19(23)17-14(26-2)6-5-7-15(17)27-3)18(22)20-13-9-8-12(21(24)25)10-16(13)28-4/h5-11H,1-4H3,(H,20,22)/t11-/m0/s1. The summed E-state index contributed by atoms with van der Waals surface area (Å²) in [6.45, 7) is 1.38. The Morgan fingerprint density at radius 1 is 1.00 bits per heavy atom. The first-order chi connectivity index (χ1) is 13.8. The number of esters is 1. The van der Waals surface area contributed by atoms with Crippen LogP contribution in [0.15, 0.2) is 36.4 Å². The number of carbonyl (C=O) groups is 2. The van der Waals surface area contributed by atoms with Crippen molar-refractivity contribution in [1.29, 1.82) is 0 Å². The zero-order valence-electron chi connectivity index (χ0n) is 16.3. The molecule has 0 spiro atoms. The number of nitrogens with zero attached hydrogens (tertiary/aromatic N) is 1. The van der Waals surface area contributed by atoms with Gasteiger partial charge >= 0.3 is 5.97 Å². The summed E-state index contributed by atoms with van der Waals surface area (Å²) < 4.78 is 20.6. The van der Waals surface area contributed by atoms with E-state index in [2.05, 4.69) is 5.32 Å². The SMILES string of the molecule is COc1cc([N+](=O)[O-])ccc1NC(=O)[C@H](C)OC(=O)c1c(OC)cccc1OC. The number of carbonyl (C=O) groups excluding carboxylic acids is 2. The number of benzene rings is 2. The van der Waals surface area contributed by atoms with Gasteiger partial charge in [0.15, 0.2) is 6.10 Å². The summed E-state index contributed by atoms with van der Waals surface area (Å²) in [5.41, 5.74) is 0.0496. The van der Waals surface area contributed by atoms with Gasteiger partial charge in [-0.1, -0.05) is 6.07 Å². The van der Waals surface area contributed by atoms with E-state index in [9.17, 15) is 19.7 Å². The molecule has 29 heavy (non-hydrogen) atoms. The second kappa shape index (κ2) is 9.40. The number of ether oxygens (including phenoxy) is 4. The molecule has 1 amide bonds. The van der Waals surface area contributed by atoms with Gasteiger partial charge in [0.05, 0.1) is 38.0 Å². The second-order valence-electron chi connectivity index (χ2n) is 5.72. The molecule has 0 heterocycles. The quantitative estimate of drug-likeness (QED) is 0.404. The van der Waals surface area contributed by atoms with Gasteiger partial charge in [-0.3, -0.25) is 14.9 Å². The lowest BCUT2D eigenvalue weighted by atomic mass is 10.1. The Bertz CT molecular complexity index is 906. The zero-order valence-corrected chi connectivity index (χ0v) is 16.3. The summed E-state index contributed by atoms with van der Waals surface area (Å²) in [4.78, 5) is 35.3. The summed E-state index contributed by atoms with van der Waals surface area (Å²) in [5.74, 6) is -0.896. The molecule has 0 radical (unpaired) electrons. The molecule has 0 aliphatic carbocycles. The highest BCUT2D eigenvalue weighted by Crippen LogP contribution is 2.31. The van der Waals surface area contributed by atoms with Crippen molar-refractivity contribution in [2.24, 2.45) is 0 Å². The lowest BCUT2D eigenvalue weighted by Gasteiger charge is -2.17. The first kappa shape index (κ1) is 21.5. The summed E-state index contributed by atoms with van der Waals surface area (Å²) in [6.07, 6.45) is -1.18. The summed E-state index contributed by atoms with van der Waals surface area (Å²) in [6, 6.07) is 8.48. The highest BCUT2D eigenvalue weighted by Gasteiger charge is 2.25. The maximum absolute atomic E-state index is 12.6. The van der Waals surface area contributed by atoms with E-state index in [-0.39, 0.29) is 34.2 Å². The van der Waals surface area contributed by atoms with Crippen LogP contribution in [-0.4, -0.2) is 44.2 Å². The van der Waals surface area contributed by atoms with E-state index in [4.69, 9.17) is 18.9 Å². The van der Waals surface area contributed by atoms with Crippen LogP contribution in [0.25, 0.3) is 0 Å². The van der Waals surface area contributed by atoms with E-state index in [1.807, 2.05) is 0 Å². The number of hydrogen-bond donors (Lipinski definition) is 1. The van der Waals surface area contributed by atoms with Crippen molar-refractivity contribution in [3.63, 3.8) is 0 Å². The van der Waals surface area contributed by atoms with Crippen LogP contribution in [0, 0.1) is 10.1 Å². The number of non-ortho nitro benzene ring substituents is 1.